The van der Waals surface area contributed by atoms with Crippen LogP contribution in [0.1, 0.15) is 16.2 Å². The van der Waals surface area contributed by atoms with Gasteiger partial charge < -0.3 is 4.42 Å². The van der Waals surface area contributed by atoms with Crippen LogP contribution in [0.5, 0.6) is 0 Å². The molecule has 4 nitrogen and oxygen atoms in total. The molecule has 3 aromatic rings. The van der Waals surface area contributed by atoms with E-state index in [1.54, 1.807) is 42.6 Å². The van der Waals surface area contributed by atoms with E-state index >= 15 is 0 Å². The number of aromatic nitrogens is 2. The summed E-state index contributed by atoms with van der Waals surface area (Å²) in [4.78, 5) is 20.5. The number of ketones is 1. The molecule has 0 aliphatic carbocycles. The molecule has 0 saturated carbocycles. The highest BCUT2D eigenvalue weighted by molar-refractivity contribution is 9.10. The van der Waals surface area contributed by atoms with E-state index in [4.69, 9.17) is 16.0 Å². The molecule has 1 aromatic carbocycles. The van der Waals surface area contributed by atoms with Gasteiger partial charge in [0.2, 0.25) is 11.7 Å². The lowest BCUT2D eigenvalue weighted by Crippen LogP contribution is -2.03. The molecule has 0 unspecified atom stereocenters. The number of oxazole rings is 1. The summed E-state index contributed by atoms with van der Waals surface area (Å²) in [6.45, 7) is 0. The van der Waals surface area contributed by atoms with Crippen LogP contribution in [0, 0.1) is 0 Å². The van der Waals surface area contributed by atoms with Crippen LogP contribution in [0.15, 0.2) is 57.7 Å². The lowest BCUT2D eigenvalue weighted by atomic mass is 10.2. The van der Waals surface area contributed by atoms with Crippen LogP contribution in [0.3, 0.4) is 0 Å². The number of carbonyl (C=O) groups excluding carboxylic acids is 1. The summed E-state index contributed by atoms with van der Waals surface area (Å²) in [5, 5.41) is 0.632. The number of rotatable bonds is 4. The predicted molar refractivity (Wildman–Crippen MR) is 86.9 cm³/mol. The van der Waals surface area contributed by atoms with Gasteiger partial charge in [0.15, 0.2) is 5.76 Å². The van der Waals surface area contributed by atoms with Gasteiger partial charge in [0.1, 0.15) is 0 Å². The fourth-order valence-electron chi connectivity index (χ4n) is 1.93. The quantitative estimate of drug-likeness (QED) is 0.625. The molecule has 0 aliphatic heterocycles. The molecule has 0 amide bonds. The second-order valence-electron chi connectivity index (χ2n) is 4.60. The van der Waals surface area contributed by atoms with Crippen molar-refractivity contribution in [2.45, 2.75) is 6.42 Å². The van der Waals surface area contributed by atoms with Crippen molar-refractivity contribution in [3.05, 3.63) is 69.7 Å². The number of benzene rings is 1. The van der Waals surface area contributed by atoms with Crippen molar-refractivity contribution in [2.75, 3.05) is 0 Å². The Morgan fingerprint density at radius 2 is 1.95 bits per heavy atom. The van der Waals surface area contributed by atoms with E-state index in [1.807, 2.05) is 0 Å². The van der Waals surface area contributed by atoms with Gasteiger partial charge >= 0.3 is 0 Å². The summed E-state index contributed by atoms with van der Waals surface area (Å²) in [5.74, 6) is 0.437. The molecular weight excluding hydrogens is 368 g/mol. The van der Waals surface area contributed by atoms with Crippen molar-refractivity contribution in [1.82, 2.24) is 9.97 Å². The van der Waals surface area contributed by atoms with Gasteiger partial charge in [0.05, 0.1) is 12.6 Å². The summed E-state index contributed by atoms with van der Waals surface area (Å²) in [6.07, 6.45) is 3.24. The molecule has 0 spiro atoms. The van der Waals surface area contributed by atoms with Crippen molar-refractivity contribution in [1.29, 1.82) is 0 Å². The van der Waals surface area contributed by atoms with Crippen molar-refractivity contribution in [3.8, 4) is 11.5 Å². The maximum Gasteiger partial charge on any atom is 0.226 e. The lowest BCUT2D eigenvalue weighted by Gasteiger charge is -1.99. The zero-order valence-corrected chi connectivity index (χ0v) is 13.6. The third-order valence-electron chi connectivity index (χ3n) is 2.99. The van der Waals surface area contributed by atoms with Gasteiger partial charge in [-0.1, -0.05) is 27.5 Å². The van der Waals surface area contributed by atoms with Gasteiger partial charge in [0, 0.05) is 26.9 Å². The monoisotopic (exact) mass is 376 g/mol. The number of Topliss-reactive ketones (excluding diaryl/α,β-unsaturated/α-hetero) is 1. The van der Waals surface area contributed by atoms with Gasteiger partial charge in [-0.2, -0.15) is 0 Å². The Bertz CT molecular complexity index is 815. The SMILES string of the molecule is O=C(Cc1cc(Br)ccn1)c1cnc(-c2ccc(Cl)cc2)o1. The van der Waals surface area contributed by atoms with Crippen LogP contribution >= 0.6 is 27.5 Å². The molecule has 2 aromatic heterocycles. The topological polar surface area (TPSA) is 56.0 Å². The van der Waals surface area contributed by atoms with E-state index in [2.05, 4.69) is 25.9 Å². The highest BCUT2D eigenvalue weighted by atomic mass is 79.9. The number of hydrogen-bond donors (Lipinski definition) is 0. The molecule has 6 heteroatoms. The first-order valence-electron chi connectivity index (χ1n) is 6.47. The van der Waals surface area contributed by atoms with Gasteiger partial charge in [0.25, 0.3) is 0 Å². The van der Waals surface area contributed by atoms with E-state index in [-0.39, 0.29) is 18.0 Å². The molecule has 0 bridgehead atoms. The summed E-state index contributed by atoms with van der Waals surface area (Å²) < 4.78 is 6.41. The van der Waals surface area contributed by atoms with E-state index in [1.165, 1.54) is 6.20 Å². The number of nitrogens with zero attached hydrogens (tertiary/aromatic N) is 2. The highest BCUT2D eigenvalue weighted by Gasteiger charge is 2.15. The molecule has 0 fully saturated rings. The Labute approximate surface area is 140 Å². The second kappa shape index (κ2) is 6.42. The maximum absolute atomic E-state index is 12.2. The Morgan fingerprint density at radius 3 is 2.68 bits per heavy atom. The third kappa shape index (κ3) is 3.43. The van der Waals surface area contributed by atoms with Gasteiger partial charge in [-0.25, -0.2) is 4.98 Å². The fraction of sp³-hybridized carbons (Fsp3) is 0.0625. The number of halogens is 2. The predicted octanol–water partition coefficient (Wildman–Crippen LogP) is 4.58. The smallest absolute Gasteiger partial charge is 0.226 e. The van der Waals surface area contributed by atoms with Crippen LogP contribution in [-0.4, -0.2) is 15.8 Å². The van der Waals surface area contributed by atoms with Crippen LogP contribution in [0.2, 0.25) is 5.02 Å². The molecular formula is C16H10BrClN2O2. The minimum Gasteiger partial charge on any atom is -0.433 e. The number of carbonyl (C=O) groups is 1. The van der Waals surface area contributed by atoms with Gasteiger partial charge in [-0.05, 0) is 36.4 Å². The molecule has 2 heterocycles. The summed E-state index contributed by atoms with van der Waals surface area (Å²) in [5.41, 5.74) is 1.44. The molecule has 0 aliphatic rings. The first kappa shape index (κ1) is 14.9. The molecule has 0 radical (unpaired) electrons. The van der Waals surface area contributed by atoms with Gasteiger partial charge in [-0.3, -0.25) is 9.78 Å². The molecule has 3 rings (SSSR count). The van der Waals surface area contributed by atoms with Gasteiger partial charge in [-0.15, -0.1) is 0 Å². The van der Waals surface area contributed by atoms with Crippen molar-refractivity contribution >= 4 is 33.3 Å². The van der Waals surface area contributed by atoms with Crippen LogP contribution in [0.4, 0.5) is 0 Å². The average Bonchev–Trinajstić information content (AvgIpc) is 2.98. The summed E-state index contributed by atoms with van der Waals surface area (Å²) >= 11 is 9.19. The summed E-state index contributed by atoms with van der Waals surface area (Å²) in [7, 11) is 0. The van der Waals surface area contributed by atoms with Crippen LogP contribution < -0.4 is 0 Å². The maximum atomic E-state index is 12.2. The van der Waals surface area contributed by atoms with Crippen molar-refractivity contribution in [3.63, 3.8) is 0 Å². The lowest BCUT2D eigenvalue weighted by molar-refractivity contribution is 0.0966. The standard InChI is InChI=1S/C16H10BrClN2O2/c17-11-5-6-19-13(7-11)8-14(21)15-9-20-16(22-15)10-1-3-12(18)4-2-10/h1-7,9H,8H2. The highest BCUT2D eigenvalue weighted by Crippen LogP contribution is 2.22. The first-order valence-corrected chi connectivity index (χ1v) is 7.64. The van der Waals surface area contributed by atoms with Crippen LogP contribution in [0.25, 0.3) is 11.5 Å². The molecule has 0 atom stereocenters. The van der Waals surface area contributed by atoms with E-state index in [9.17, 15) is 4.79 Å². The summed E-state index contributed by atoms with van der Waals surface area (Å²) in [6, 6.07) is 10.7. The number of pyridine rings is 1. The average molecular weight is 378 g/mol. The first-order chi connectivity index (χ1) is 10.6. The van der Waals surface area contributed by atoms with Crippen molar-refractivity contribution in [2.24, 2.45) is 0 Å². The fourth-order valence-corrected chi connectivity index (χ4v) is 2.43. The Balaban J connectivity index is 1.78. The molecule has 22 heavy (non-hydrogen) atoms. The third-order valence-corrected chi connectivity index (χ3v) is 3.74. The second-order valence-corrected chi connectivity index (χ2v) is 5.95. The van der Waals surface area contributed by atoms with Crippen molar-refractivity contribution < 1.29 is 9.21 Å². The molecule has 0 N–H and O–H groups in total. The largest absolute Gasteiger partial charge is 0.433 e. The Kier molecular flexibility index (Phi) is 4.36. The van der Waals surface area contributed by atoms with E-state index < -0.39 is 0 Å². The Morgan fingerprint density at radius 1 is 1.18 bits per heavy atom. The Hall–Kier alpha value is -1.98. The van der Waals surface area contributed by atoms with E-state index in [0.717, 1.165) is 10.0 Å². The molecule has 0 saturated heterocycles. The van der Waals surface area contributed by atoms with Crippen LogP contribution in [-0.2, 0) is 6.42 Å². The zero-order chi connectivity index (χ0) is 15.5. The number of hydrogen-bond acceptors (Lipinski definition) is 4. The zero-order valence-electron chi connectivity index (χ0n) is 11.3. The minimum absolute atomic E-state index is 0.161. The normalized spacial score (nSPS) is 10.6. The van der Waals surface area contributed by atoms with E-state index in [0.29, 0.717) is 16.6 Å². The molecule has 110 valence electrons. The minimum atomic E-state index is -0.168.